The maximum Gasteiger partial charge on any atom is 0.305 e. The van der Waals surface area contributed by atoms with Crippen LogP contribution in [0.1, 0.15) is 23.2 Å². The molecule has 1 aliphatic heterocycles. The number of methoxy groups -OCH3 is 1. The molecule has 0 aliphatic carbocycles. The second-order valence-corrected chi connectivity index (χ2v) is 4.76. The topological polar surface area (TPSA) is 72.7 Å². The number of likely N-dealkylation sites (tertiary alicyclic amines) is 1. The maximum atomic E-state index is 14.0. The third-order valence-electron chi connectivity index (χ3n) is 3.48. The molecule has 8 heteroatoms. The molecule has 0 saturated carbocycles. The van der Waals surface area contributed by atoms with Crippen LogP contribution in [0.5, 0.6) is 0 Å². The summed E-state index contributed by atoms with van der Waals surface area (Å²) >= 11 is 0. The molecular weight excluding hydrogens is 286 g/mol. The molecule has 0 spiro atoms. The predicted octanol–water partition coefficient (Wildman–Crippen LogP) is 2.12. The van der Waals surface area contributed by atoms with Gasteiger partial charge in [0.25, 0.3) is 5.91 Å². The number of hydrogen-bond donors (Lipinski definition) is 0. The second-order valence-electron chi connectivity index (χ2n) is 4.76. The molecule has 1 aromatic carbocycles. The number of halogens is 2. The van der Waals surface area contributed by atoms with Gasteiger partial charge in [0.1, 0.15) is 11.4 Å². The van der Waals surface area contributed by atoms with Gasteiger partial charge in [-0.05, 0) is 18.9 Å². The zero-order valence-electron chi connectivity index (χ0n) is 11.3. The van der Waals surface area contributed by atoms with Crippen LogP contribution in [0.2, 0.25) is 0 Å². The van der Waals surface area contributed by atoms with Gasteiger partial charge in [0.05, 0.1) is 11.0 Å². The number of rotatable bonds is 3. The van der Waals surface area contributed by atoms with Crippen molar-refractivity contribution in [2.75, 3.05) is 20.2 Å². The molecular formula is C13H14F2N2O4. The van der Waals surface area contributed by atoms with Gasteiger partial charge in [-0.2, -0.15) is 4.39 Å². The quantitative estimate of drug-likeness (QED) is 0.633. The van der Waals surface area contributed by atoms with Crippen LogP contribution in [0.3, 0.4) is 0 Å². The minimum Gasteiger partial charge on any atom is -0.380 e. The zero-order chi connectivity index (χ0) is 15.6. The zero-order valence-corrected chi connectivity index (χ0v) is 11.3. The second kappa shape index (κ2) is 6.13. The fraction of sp³-hybridized carbons (Fsp3) is 0.462. The molecule has 0 bridgehead atoms. The molecule has 6 nitrogen and oxygen atoms in total. The van der Waals surface area contributed by atoms with Gasteiger partial charge >= 0.3 is 5.69 Å². The summed E-state index contributed by atoms with van der Waals surface area (Å²) in [6.45, 7) is 0.539. The molecule has 2 rings (SSSR count). The van der Waals surface area contributed by atoms with E-state index < -0.39 is 33.7 Å². The summed E-state index contributed by atoms with van der Waals surface area (Å²) in [5.41, 5.74) is -1.80. The smallest absolute Gasteiger partial charge is 0.305 e. The van der Waals surface area contributed by atoms with E-state index in [1.807, 2.05) is 0 Å². The van der Waals surface area contributed by atoms with Crippen LogP contribution in [0.4, 0.5) is 14.5 Å². The van der Waals surface area contributed by atoms with Crippen molar-refractivity contribution >= 4 is 11.6 Å². The van der Waals surface area contributed by atoms with Crippen LogP contribution < -0.4 is 0 Å². The Labute approximate surface area is 119 Å². The molecule has 1 amide bonds. The number of ether oxygens (including phenoxy) is 1. The highest BCUT2D eigenvalue weighted by atomic mass is 19.1. The van der Waals surface area contributed by atoms with Gasteiger partial charge in [0, 0.05) is 26.3 Å². The first-order valence-corrected chi connectivity index (χ1v) is 6.40. The molecule has 1 heterocycles. The number of carbonyl (C=O) groups excluding carboxylic acids is 1. The third-order valence-corrected chi connectivity index (χ3v) is 3.48. The molecule has 1 saturated heterocycles. The van der Waals surface area contributed by atoms with E-state index in [1.54, 1.807) is 0 Å². The molecule has 1 unspecified atom stereocenters. The van der Waals surface area contributed by atoms with Crippen molar-refractivity contribution in [2.24, 2.45) is 0 Å². The molecule has 114 valence electrons. The van der Waals surface area contributed by atoms with Gasteiger partial charge in [-0.25, -0.2) is 4.39 Å². The van der Waals surface area contributed by atoms with Gasteiger partial charge in [0.2, 0.25) is 5.82 Å². The highest BCUT2D eigenvalue weighted by Crippen LogP contribution is 2.25. The van der Waals surface area contributed by atoms with E-state index in [2.05, 4.69) is 0 Å². The maximum absolute atomic E-state index is 14.0. The van der Waals surface area contributed by atoms with E-state index in [-0.39, 0.29) is 12.6 Å². The van der Waals surface area contributed by atoms with E-state index in [4.69, 9.17) is 4.74 Å². The van der Waals surface area contributed by atoms with Crippen molar-refractivity contribution < 1.29 is 23.2 Å². The van der Waals surface area contributed by atoms with Crippen molar-refractivity contribution in [3.8, 4) is 0 Å². The summed E-state index contributed by atoms with van der Waals surface area (Å²) in [6.07, 6.45) is 1.19. The van der Waals surface area contributed by atoms with E-state index in [9.17, 15) is 23.7 Å². The Morgan fingerprint density at radius 2 is 2.19 bits per heavy atom. The lowest BCUT2D eigenvalue weighted by Crippen LogP contribution is -2.43. The Bertz CT molecular complexity index is 580. The first-order chi connectivity index (χ1) is 9.95. The largest absolute Gasteiger partial charge is 0.380 e. The molecule has 1 aliphatic rings. The Morgan fingerprint density at radius 1 is 1.48 bits per heavy atom. The lowest BCUT2D eigenvalue weighted by atomic mass is 10.1. The third kappa shape index (κ3) is 2.99. The van der Waals surface area contributed by atoms with Gasteiger partial charge in [-0.15, -0.1) is 0 Å². The molecule has 0 radical (unpaired) electrons. The van der Waals surface area contributed by atoms with E-state index >= 15 is 0 Å². The Balaban J connectivity index is 2.34. The average molecular weight is 300 g/mol. The monoisotopic (exact) mass is 300 g/mol. The first-order valence-electron chi connectivity index (χ1n) is 6.40. The van der Waals surface area contributed by atoms with Crippen molar-refractivity contribution in [1.29, 1.82) is 0 Å². The SMILES string of the molecule is COC1CCCN(C(=O)c2c(F)ccc([N+](=O)[O-])c2F)C1. The van der Waals surface area contributed by atoms with Crippen LogP contribution in [-0.2, 0) is 4.74 Å². The number of hydrogen-bond acceptors (Lipinski definition) is 4. The van der Waals surface area contributed by atoms with Gasteiger partial charge in [0.15, 0.2) is 0 Å². The van der Waals surface area contributed by atoms with Crippen LogP contribution in [-0.4, -0.2) is 42.0 Å². The summed E-state index contributed by atoms with van der Waals surface area (Å²) in [6, 6.07) is 1.43. The van der Waals surface area contributed by atoms with Crippen LogP contribution >= 0.6 is 0 Å². The number of amides is 1. The fourth-order valence-corrected chi connectivity index (χ4v) is 2.35. The molecule has 0 N–H and O–H groups in total. The Kier molecular flexibility index (Phi) is 4.46. The molecule has 1 atom stereocenters. The molecule has 21 heavy (non-hydrogen) atoms. The first kappa shape index (κ1) is 15.3. The fourth-order valence-electron chi connectivity index (χ4n) is 2.35. The van der Waals surface area contributed by atoms with E-state index in [0.29, 0.717) is 19.0 Å². The molecule has 1 aromatic rings. The number of benzene rings is 1. The molecule has 1 fully saturated rings. The van der Waals surface area contributed by atoms with Crippen molar-refractivity contribution in [2.45, 2.75) is 18.9 Å². The minimum absolute atomic E-state index is 0.201. The van der Waals surface area contributed by atoms with Gasteiger partial charge < -0.3 is 9.64 Å². The highest BCUT2D eigenvalue weighted by Gasteiger charge is 2.31. The van der Waals surface area contributed by atoms with Crippen LogP contribution in [0, 0.1) is 21.7 Å². The highest BCUT2D eigenvalue weighted by molar-refractivity contribution is 5.95. The van der Waals surface area contributed by atoms with Crippen LogP contribution in [0.15, 0.2) is 12.1 Å². The lowest BCUT2D eigenvalue weighted by Gasteiger charge is -2.32. The minimum atomic E-state index is -1.44. The summed E-state index contributed by atoms with van der Waals surface area (Å²) < 4.78 is 32.9. The van der Waals surface area contributed by atoms with Gasteiger partial charge in [-0.3, -0.25) is 14.9 Å². The van der Waals surface area contributed by atoms with Crippen molar-refractivity contribution in [3.63, 3.8) is 0 Å². The normalized spacial score (nSPS) is 18.6. The molecule has 0 aromatic heterocycles. The number of nitrogens with zero attached hydrogens (tertiary/aromatic N) is 2. The number of nitro benzene ring substituents is 1. The lowest BCUT2D eigenvalue weighted by molar-refractivity contribution is -0.387. The number of nitro groups is 1. The van der Waals surface area contributed by atoms with Crippen LogP contribution in [0.25, 0.3) is 0 Å². The summed E-state index contributed by atoms with van der Waals surface area (Å²) in [5, 5.41) is 10.7. The van der Waals surface area contributed by atoms with E-state index in [0.717, 1.165) is 12.5 Å². The van der Waals surface area contributed by atoms with Gasteiger partial charge in [-0.1, -0.05) is 0 Å². The standard InChI is InChI=1S/C13H14F2N2O4/c1-21-8-3-2-6-16(7-8)13(18)11-9(14)4-5-10(12(11)15)17(19)20/h4-5,8H,2-3,6-7H2,1H3. The predicted molar refractivity (Wildman–Crippen MR) is 68.9 cm³/mol. The van der Waals surface area contributed by atoms with Crippen molar-refractivity contribution in [1.82, 2.24) is 4.90 Å². The summed E-state index contributed by atoms with van der Waals surface area (Å²) in [5.74, 6) is -3.44. The Hall–Kier alpha value is -2.09. The summed E-state index contributed by atoms with van der Waals surface area (Å²) in [4.78, 5) is 23.2. The van der Waals surface area contributed by atoms with E-state index in [1.165, 1.54) is 12.0 Å². The van der Waals surface area contributed by atoms with Crippen molar-refractivity contribution in [3.05, 3.63) is 39.4 Å². The average Bonchev–Trinajstić information content (AvgIpc) is 2.46. The Morgan fingerprint density at radius 3 is 2.81 bits per heavy atom. The summed E-state index contributed by atoms with van der Waals surface area (Å²) in [7, 11) is 1.49. The number of piperidine rings is 1. The number of carbonyl (C=O) groups is 1.